The molecule has 1 saturated carbocycles. The van der Waals surface area contributed by atoms with Gasteiger partial charge in [-0.3, -0.25) is 0 Å². The van der Waals surface area contributed by atoms with Gasteiger partial charge in [0.2, 0.25) is 0 Å². The SMILES string of the molecule is C=CCCc1ccc(C#Cc2ccc3cc(C4CCC(CC=C)CC4)ccc3c2F)cc1. The molecule has 0 heterocycles. The predicted molar refractivity (Wildman–Crippen MR) is 134 cm³/mol. The highest BCUT2D eigenvalue weighted by atomic mass is 19.1. The van der Waals surface area contributed by atoms with Crippen molar-refractivity contribution >= 4 is 10.8 Å². The number of hydrogen-bond acceptors (Lipinski definition) is 0. The van der Waals surface area contributed by atoms with Crippen LogP contribution < -0.4 is 0 Å². The Balaban J connectivity index is 1.50. The molecule has 1 fully saturated rings. The molecule has 3 aromatic rings. The summed E-state index contributed by atoms with van der Waals surface area (Å²) < 4.78 is 15.2. The summed E-state index contributed by atoms with van der Waals surface area (Å²) in [6.45, 7) is 7.64. The highest BCUT2D eigenvalue weighted by Gasteiger charge is 2.22. The van der Waals surface area contributed by atoms with Gasteiger partial charge in [-0.25, -0.2) is 4.39 Å². The fraction of sp³-hybridized carbons (Fsp3) is 0.290. The first-order valence-electron chi connectivity index (χ1n) is 11.7. The zero-order valence-electron chi connectivity index (χ0n) is 18.7. The molecule has 0 atom stereocenters. The zero-order valence-corrected chi connectivity index (χ0v) is 18.7. The summed E-state index contributed by atoms with van der Waals surface area (Å²) in [5.41, 5.74) is 3.95. The van der Waals surface area contributed by atoms with Crippen LogP contribution in [0.1, 0.15) is 66.7 Å². The first-order chi connectivity index (χ1) is 15.7. The Labute approximate surface area is 191 Å². The number of rotatable bonds is 6. The summed E-state index contributed by atoms with van der Waals surface area (Å²) >= 11 is 0. The molecule has 1 aliphatic rings. The molecule has 1 aliphatic carbocycles. The summed E-state index contributed by atoms with van der Waals surface area (Å²) in [6.07, 6.45) is 12.0. The Morgan fingerprint density at radius 1 is 0.875 bits per heavy atom. The molecule has 0 unspecified atom stereocenters. The molecule has 3 aromatic carbocycles. The molecule has 32 heavy (non-hydrogen) atoms. The molecular weight excluding hydrogens is 391 g/mol. The van der Waals surface area contributed by atoms with Gasteiger partial charge in [-0.05, 0) is 91.5 Å². The van der Waals surface area contributed by atoms with Crippen molar-refractivity contribution in [2.45, 2.75) is 50.9 Å². The van der Waals surface area contributed by atoms with E-state index >= 15 is 4.39 Å². The van der Waals surface area contributed by atoms with E-state index < -0.39 is 0 Å². The van der Waals surface area contributed by atoms with Gasteiger partial charge < -0.3 is 0 Å². The lowest BCUT2D eigenvalue weighted by Crippen LogP contribution is -2.12. The number of hydrogen-bond donors (Lipinski definition) is 0. The lowest BCUT2D eigenvalue weighted by molar-refractivity contribution is 0.328. The van der Waals surface area contributed by atoms with Gasteiger partial charge in [-0.2, -0.15) is 0 Å². The first-order valence-corrected chi connectivity index (χ1v) is 11.7. The number of halogens is 1. The maximum absolute atomic E-state index is 15.2. The minimum absolute atomic E-state index is 0.223. The van der Waals surface area contributed by atoms with Crippen molar-refractivity contribution in [3.63, 3.8) is 0 Å². The fourth-order valence-electron chi connectivity index (χ4n) is 4.79. The van der Waals surface area contributed by atoms with Crippen LogP contribution in [-0.2, 0) is 6.42 Å². The van der Waals surface area contributed by atoms with Gasteiger partial charge in [0.15, 0.2) is 0 Å². The van der Waals surface area contributed by atoms with Crippen LogP contribution in [0.4, 0.5) is 4.39 Å². The first kappa shape index (κ1) is 22.1. The van der Waals surface area contributed by atoms with Gasteiger partial charge in [-0.15, -0.1) is 13.2 Å². The van der Waals surface area contributed by atoms with Crippen LogP contribution in [0.25, 0.3) is 10.8 Å². The summed E-state index contributed by atoms with van der Waals surface area (Å²) in [4.78, 5) is 0. The van der Waals surface area contributed by atoms with Gasteiger partial charge >= 0.3 is 0 Å². The van der Waals surface area contributed by atoms with E-state index in [0.717, 1.165) is 36.1 Å². The molecule has 0 amide bonds. The fourth-order valence-corrected chi connectivity index (χ4v) is 4.79. The van der Waals surface area contributed by atoms with E-state index in [1.54, 1.807) is 0 Å². The predicted octanol–water partition coefficient (Wildman–Crippen LogP) is 8.35. The average molecular weight is 423 g/mol. The van der Waals surface area contributed by atoms with E-state index in [9.17, 15) is 0 Å². The molecule has 1 heteroatoms. The number of aryl methyl sites for hydroxylation is 1. The molecule has 0 spiro atoms. The Morgan fingerprint density at radius 2 is 1.66 bits per heavy atom. The van der Waals surface area contributed by atoms with Crippen LogP contribution in [-0.4, -0.2) is 0 Å². The molecule has 0 radical (unpaired) electrons. The maximum Gasteiger partial charge on any atom is 0.146 e. The van der Waals surface area contributed by atoms with Crippen LogP contribution in [0, 0.1) is 23.6 Å². The zero-order chi connectivity index (χ0) is 22.3. The van der Waals surface area contributed by atoms with Crippen molar-refractivity contribution in [2.75, 3.05) is 0 Å². The molecule has 0 nitrogen and oxygen atoms in total. The van der Waals surface area contributed by atoms with Crippen molar-refractivity contribution in [1.29, 1.82) is 0 Å². The summed E-state index contributed by atoms with van der Waals surface area (Å²) in [5.74, 6) is 7.28. The summed E-state index contributed by atoms with van der Waals surface area (Å²) in [7, 11) is 0. The van der Waals surface area contributed by atoms with E-state index in [-0.39, 0.29) is 5.82 Å². The van der Waals surface area contributed by atoms with Crippen molar-refractivity contribution in [3.8, 4) is 11.8 Å². The van der Waals surface area contributed by atoms with Crippen LogP contribution in [0.15, 0.2) is 79.9 Å². The monoisotopic (exact) mass is 422 g/mol. The molecule has 0 saturated heterocycles. The quantitative estimate of drug-likeness (QED) is 0.276. The normalized spacial score (nSPS) is 18.0. The largest absolute Gasteiger partial charge is 0.205 e. The van der Waals surface area contributed by atoms with Crippen molar-refractivity contribution in [3.05, 3.63) is 108 Å². The van der Waals surface area contributed by atoms with Crippen molar-refractivity contribution in [1.82, 2.24) is 0 Å². The Kier molecular flexibility index (Phi) is 7.23. The third kappa shape index (κ3) is 5.20. The standard InChI is InChI=1S/C31H31F/c1-3-5-7-24-8-10-25(11-9-24)14-17-27-18-19-29-22-28(20-21-30(29)31(27)32)26-15-12-23(6-4-2)13-16-26/h3-4,8-11,18-23,26H,1-2,5-7,12-13,15-16H2. The summed E-state index contributed by atoms with van der Waals surface area (Å²) in [6, 6.07) is 18.2. The average Bonchev–Trinajstić information content (AvgIpc) is 2.83. The Morgan fingerprint density at radius 3 is 2.38 bits per heavy atom. The van der Waals surface area contributed by atoms with Crippen LogP contribution >= 0.6 is 0 Å². The Bertz CT molecular complexity index is 1150. The lowest BCUT2D eigenvalue weighted by Gasteiger charge is -2.28. The third-order valence-corrected chi connectivity index (χ3v) is 6.73. The smallest absolute Gasteiger partial charge is 0.146 e. The minimum atomic E-state index is -0.223. The number of benzene rings is 3. The molecule has 162 valence electrons. The van der Waals surface area contributed by atoms with Gasteiger partial charge in [0.05, 0.1) is 5.56 Å². The van der Waals surface area contributed by atoms with Crippen LogP contribution in [0.5, 0.6) is 0 Å². The lowest BCUT2D eigenvalue weighted by atomic mass is 9.77. The van der Waals surface area contributed by atoms with Crippen molar-refractivity contribution in [2.24, 2.45) is 5.92 Å². The third-order valence-electron chi connectivity index (χ3n) is 6.73. The number of fused-ring (bicyclic) bond motifs is 1. The molecule has 4 rings (SSSR count). The van der Waals surface area contributed by atoms with E-state index in [1.165, 1.54) is 36.8 Å². The van der Waals surface area contributed by atoms with Crippen LogP contribution in [0.3, 0.4) is 0 Å². The van der Waals surface area contributed by atoms with E-state index in [1.807, 2.05) is 42.5 Å². The van der Waals surface area contributed by atoms with Crippen molar-refractivity contribution < 1.29 is 4.39 Å². The molecular formula is C31H31F. The van der Waals surface area contributed by atoms with Gasteiger partial charge in [0.1, 0.15) is 5.82 Å². The molecule has 0 N–H and O–H groups in total. The molecule has 0 aliphatic heterocycles. The highest BCUT2D eigenvalue weighted by Crippen LogP contribution is 2.38. The van der Waals surface area contributed by atoms with E-state index in [2.05, 4.69) is 49.3 Å². The highest BCUT2D eigenvalue weighted by molar-refractivity contribution is 5.85. The second kappa shape index (κ2) is 10.5. The van der Waals surface area contributed by atoms with Gasteiger partial charge in [-0.1, -0.05) is 60.4 Å². The molecule has 0 bridgehead atoms. The van der Waals surface area contributed by atoms with Gasteiger partial charge in [0.25, 0.3) is 0 Å². The van der Waals surface area contributed by atoms with Crippen LogP contribution in [0.2, 0.25) is 0 Å². The second-order valence-corrected chi connectivity index (χ2v) is 8.92. The second-order valence-electron chi connectivity index (χ2n) is 8.92. The van der Waals surface area contributed by atoms with E-state index in [0.29, 0.717) is 16.9 Å². The number of allylic oxidation sites excluding steroid dienone is 2. The topological polar surface area (TPSA) is 0 Å². The minimum Gasteiger partial charge on any atom is -0.205 e. The molecule has 0 aromatic heterocycles. The van der Waals surface area contributed by atoms with E-state index in [4.69, 9.17) is 0 Å². The Hall–Kier alpha value is -3.11. The van der Waals surface area contributed by atoms with Gasteiger partial charge in [0, 0.05) is 10.9 Å². The summed E-state index contributed by atoms with van der Waals surface area (Å²) in [5, 5.41) is 1.62. The maximum atomic E-state index is 15.2.